The first-order chi connectivity index (χ1) is 22.0. The molecule has 224 valence electrons. The lowest BCUT2D eigenvalue weighted by Crippen LogP contribution is -2.35. The van der Waals surface area contributed by atoms with Crippen LogP contribution in [-0.4, -0.2) is 28.7 Å². The molecule has 0 aliphatic carbocycles. The van der Waals surface area contributed by atoms with E-state index in [0.717, 1.165) is 31.7 Å². The highest BCUT2D eigenvalue weighted by molar-refractivity contribution is 7.96. The molecular weight excluding hydrogens is 619 g/mol. The Balaban J connectivity index is 1.38. The summed E-state index contributed by atoms with van der Waals surface area (Å²) in [7, 11) is -2.38. The zero-order chi connectivity index (χ0) is 31.2. The minimum atomic E-state index is -2.38. The van der Waals surface area contributed by atoms with Gasteiger partial charge in [-0.15, -0.1) is 22.9 Å². The Hall–Kier alpha value is -4.35. The smallest absolute Gasteiger partial charge is 0.265 e. The maximum Gasteiger partial charge on any atom is 0.265 e. The number of hydrogen-bond donors (Lipinski definition) is 1. The third-order valence-corrected chi connectivity index (χ3v) is 13.3. The van der Waals surface area contributed by atoms with Crippen molar-refractivity contribution in [2.45, 2.75) is 12.5 Å². The first kappa shape index (κ1) is 30.7. The molecule has 0 spiro atoms. The van der Waals surface area contributed by atoms with Crippen LogP contribution in [0.4, 0.5) is 0 Å². The number of primary amides is 1. The largest absolute Gasteiger partial charge is 0.473 e. The summed E-state index contributed by atoms with van der Waals surface area (Å²) >= 11 is 7.59. The Kier molecular flexibility index (Phi) is 9.37. The highest BCUT2D eigenvalue weighted by Crippen LogP contribution is 2.55. The molecular formula is C37H31ClN2O3PS+. The van der Waals surface area contributed by atoms with Gasteiger partial charge in [0.15, 0.2) is 0 Å². The number of benzene rings is 5. The van der Waals surface area contributed by atoms with Crippen molar-refractivity contribution in [2.24, 2.45) is 5.73 Å². The summed E-state index contributed by atoms with van der Waals surface area (Å²) in [6.07, 6.45) is -0.327. The highest BCUT2D eigenvalue weighted by Gasteiger charge is 2.47. The molecule has 0 saturated heterocycles. The number of thiazole rings is 1. The quantitative estimate of drug-likeness (QED) is 0.0892. The van der Waals surface area contributed by atoms with Crippen molar-refractivity contribution < 1.29 is 14.3 Å². The number of rotatable bonds is 12. The Morgan fingerprint density at radius 1 is 0.778 bits per heavy atom. The molecule has 0 saturated carbocycles. The number of ether oxygens (including phenoxy) is 1. The number of fused-ring (bicyclic) bond motifs is 1. The SMILES string of the molecule is NC(=O)C(Oc1ccc(C(=O)C[P+](c2ccccc2)(c2ccccc2)c2ccccc2)cc1CCCl)c1nc2ccccc2s1. The fourth-order valence-electron chi connectivity index (χ4n) is 5.60. The van der Waals surface area contributed by atoms with E-state index >= 15 is 0 Å². The third-order valence-electron chi connectivity index (χ3n) is 7.76. The molecule has 1 atom stereocenters. The number of Topliss-reactive ketones (excluding diaryl/α,β-unsaturated/α-hetero) is 1. The van der Waals surface area contributed by atoms with E-state index < -0.39 is 19.3 Å². The predicted molar refractivity (Wildman–Crippen MR) is 187 cm³/mol. The summed E-state index contributed by atoms with van der Waals surface area (Å²) in [6, 6.07) is 44.0. The summed E-state index contributed by atoms with van der Waals surface area (Å²) in [5.41, 5.74) is 7.86. The Morgan fingerprint density at radius 2 is 1.33 bits per heavy atom. The maximum atomic E-state index is 14.4. The number of alkyl halides is 1. The molecule has 1 amide bonds. The second kappa shape index (κ2) is 13.7. The van der Waals surface area contributed by atoms with Gasteiger partial charge in [0.2, 0.25) is 11.9 Å². The molecule has 1 heterocycles. The van der Waals surface area contributed by atoms with Crippen LogP contribution in [0.5, 0.6) is 5.75 Å². The number of para-hydroxylation sites is 1. The molecule has 0 radical (unpaired) electrons. The topological polar surface area (TPSA) is 82.3 Å². The molecule has 6 rings (SSSR count). The van der Waals surface area contributed by atoms with E-state index in [2.05, 4.69) is 41.4 Å². The van der Waals surface area contributed by atoms with Gasteiger partial charge >= 0.3 is 0 Å². The van der Waals surface area contributed by atoms with E-state index in [-0.39, 0.29) is 5.78 Å². The van der Waals surface area contributed by atoms with Gasteiger partial charge in [0.25, 0.3) is 5.91 Å². The van der Waals surface area contributed by atoms with Crippen molar-refractivity contribution in [3.8, 4) is 5.75 Å². The van der Waals surface area contributed by atoms with Crippen LogP contribution in [0.1, 0.15) is 27.0 Å². The average Bonchev–Trinajstić information content (AvgIpc) is 3.51. The number of ketones is 1. The van der Waals surface area contributed by atoms with Gasteiger partial charge in [-0.25, -0.2) is 4.98 Å². The Bertz CT molecular complexity index is 1800. The van der Waals surface area contributed by atoms with E-state index in [1.165, 1.54) is 11.3 Å². The van der Waals surface area contributed by atoms with E-state index in [0.29, 0.717) is 34.8 Å². The number of amides is 1. The Morgan fingerprint density at radius 3 is 1.87 bits per heavy atom. The Labute approximate surface area is 272 Å². The van der Waals surface area contributed by atoms with Crippen molar-refractivity contribution in [3.05, 3.63) is 150 Å². The molecule has 5 aromatic carbocycles. The van der Waals surface area contributed by atoms with Gasteiger partial charge < -0.3 is 10.5 Å². The maximum absolute atomic E-state index is 14.4. The molecule has 2 N–H and O–H groups in total. The van der Waals surface area contributed by atoms with Crippen molar-refractivity contribution in [2.75, 3.05) is 12.0 Å². The van der Waals surface area contributed by atoms with Crippen LogP contribution in [0.2, 0.25) is 0 Å². The van der Waals surface area contributed by atoms with Crippen LogP contribution < -0.4 is 26.4 Å². The predicted octanol–water partition coefficient (Wildman–Crippen LogP) is 6.86. The van der Waals surface area contributed by atoms with E-state index in [1.807, 2.05) is 84.9 Å². The lowest BCUT2D eigenvalue weighted by Gasteiger charge is -2.27. The first-order valence-electron chi connectivity index (χ1n) is 14.6. The van der Waals surface area contributed by atoms with Gasteiger partial charge in [-0.05, 0) is 78.7 Å². The normalized spacial score (nSPS) is 12.1. The monoisotopic (exact) mass is 649 g/mol. The molecule has 1 unspecified atom stereocenters. The zero-order valence-corrected chi connectivity index (χ0v) is 26.8. The van der Waals surface area contributed by atoms with Crippen molar-refractivity contribution in [1.82, 2.24) is 4.98 Å². The van der Waals surface area contributed by atoms with Crippen LogP contribution >= 0.6 is 30.2 Å². The lowest BCUT2D eigenvalue weighted by molar-refractivity contribution is -0.125. The average molecular weight is 650 g/mol. The molecule has 0 fully saturated rings. The highest BCUT2D eigenvalue weighted by atomic mass is 35.5. The minimum absolute atomic E-state index is 0.0138. The van der Waals surface area contributed by atoms with Gasteiger partial charge in [-0.2, -0.15) is 0 Å². The summed E-state index contributed by atoms with van der Waals surface area (Å²) < 4.78 is 7.17. The summed E-state index contributed by atoms with van der Waals surface area (Å²) in [4.78, 5) is 31.5. The number of aryl methyl sites for hydroxylation is 1. The fraction of sp³-hybridized carbons (Fsp3) is 0.108. The van der Waals surface area contributed by atoms with Crippen LogP contribution in [0.3, 0.4) is 0 Å². The standard InChI is InChI=1S/C37H30ClN2O3PS/c38-23-22-27-24-26(20-21-33(27)43-35(36(39)42)37-40-31-18-10-11-19-34(31)45-37)32(41)25-44(28-12-4-1-5-13-28,29-14-6-2-7-15-29)30-16-8-3-9-17-30/h1-21,24,35H,22-23,25H2,(H-,39,42)/p+1. The summed E-state index contributed by atoms with van der Waals surface area (Å²) in [6.45, 7) is 0. The molecule has 8 heteroatoms. The molecule has 1 aromatic heterocycles. The zero-order valence-electron chi connectivity index (χ0n) is 24.4. The van der Waals surface area contributed by atoms with Crippen molar-refractivity contribution >= 4 is 68.0 Å². The summed E-state index contributed by atoms with van der Waals surface area (Å²) in [5, 5.41) is 3.88. The molecule has 45 heavy (non-hydrogen) atoms. The molecule has 6 aromatic rings. The van der Waals surface area contributed by atoms with Crippen LogP contribution in [0.15, 0.2) is 133 Å². The number of nitrogens with two attached hydrogens (primary N) is 1. The molecule has 5 nitrogen and oxygen atoms in total. The van der Waals surface area contributed by atoms with Crippen LogP contribution in [0.25, 0.3) is 10.2 Å². The summed E-state index contributed by atoms with van der Waals surface area (Å²) in [5.74, 6) is 0.130. The molecule has 0 aliphatic rings. The third kappa shape index (κ3) is 6.41. The number of carbonyl (C=O) groups excluding carboxylic acids is 2. The number of hydrogen-bond acceptors (Lipinski definition) is 5. The second-order valence-electron chi connectivity index (χ2n) is 10.6. The lowest BCUT2D eigenvalue weighted by atomic mass is 10.0. The number of carbonyl (C=O) groups is 2. The van der Waals surface area contributed by atoms with Crippen molar-refractivity contribution in [1.29, 1.82) is 0 Å². The van der Waals surface area contributed by atoms with Gasteiger partial charge in [0.1, 0.15) is 40.1 Å². The van der Waals surface area contributed by atoms with E-state index in [1.54, 1.807) is 12.1 Å². The molecule has 0 bridgehead atoms. The minimum Gasteiger partial charge on any atom is -0.473 e. The molecule has 0 aliphatic heterocycles. The van der Waals surface area contributed by atoms with Crippen LogP contribution in [-0.2, 0) is 11.2 Å². The number of nitrogens with zero attached hydrogens (tertiary/aromatic N) is 1. The fourth-order valence-corrected chi connectivity index (χ4v) is 10.9. The van der Waals surface area contributed by atoms with Gasteiger partial charge in [0, 0.05) is 11.4 Å². The number of aromatic nitrogens is 1. The first-order valence-corrected chi connectivity index (χ1v) is 17.9. The van der Waals surface area contributed by atoms with Crippen LogP contribution in [0, 0.1) is 0 Å². The van der Waals surface area contributed by atoms with Gasteiger partial charge in [0.05, 0.1) is 10.2 Å². The van der Waals surface area contributed by atoms with E-state index in [9.17, 15) is 9.59 Å². The number of halogens is 1. The van der Waals surface area contributed by atoms with Gasteiger partial charge in [-0.3, -0.25) is 9.59 Å². The van der Waals surface area contributed by atoms with E-state index in [4.69, 9.17) is 22.1 Å². The van der Waals surface area contributed by atoms with Gasteiger partial charge in [-0.1, -0.05) is 66.7 Å². The second-order valence-corrected chi connectivity index (χ2v) is 15.5. The van der Waals surface area contributed by atoms with Crippen molar-refractivity contribution in [3.63, 3.8) is 0 Å².